The second-order valence-corrected chi connectivity index (χ2v) is 4.73. The summed E-state index contributed by atoms with van der Waals surface area (Å²) < 4.78 is 5.33. The van der Waals surface area contributed by atoms with Crippen LogP contribution in [0.15, 0.2) is 35.5 Å². The van der Waals surface area contributed by atoms with Crippen LogP contribution in [0.5, 0.6) is 0 Å². The number of nitrogen functional groups attached to an aromatic ring is 1. The molecule has 2 rings (SSSR count). The Morgan fingerprint density at radius 1 is 1.45 bits per heavy atom. The molecule has 1 aromatic heterocycles. The number of aromatic nitrogens is 3. The van der Waals surface area contributed by atoms with Gasteiger partial charge in [0.2, 0.25) is 5.16 Å². The normalized spacial score (nSPS) is 10.2. The number of nitrogens with two attached hydrogens (primary N) is 1. The van der Waals surface area contributed by atoms with Gasteiger partial charge in [-0.05, 0) is 5.56 Å². The summed E-state index contributed by atoms with van der Waals surface area (Å²) in [6.45, 7) is 0. The Labute approximate surface area is 119 Å². The number of nitrogens with one attached hydrogen (secondary N) is 1. The summed E-state index contributed by atoms with van der Waals surface area (Å²) >= 11 is 1.32. The van der Waals surface area contributed by atoms with E-state index in [1.807, 2.05) is 30.3 Å². The Hall–Kier alpha value is -2.35. The van der Waals surface area contributed by atoms with Crippen LogP contribution in [0.4, 0.5) is 10.6 Å². The number of methoxy groups -OCH3 is 1. The molecule has 3 N–H and O–H groups in total. The van der Waals surface area contributed by atoms with Crippen LogP contribution in [0.2, 0.25) is 0 Å². The molecule has 8 heteroatoms. The van der Waals surface area contributed by atoms with Gasteiger partial charge in [0, 0.05) is 5.75 Å². The number of carbonyl (C=O) groups is 1. The molecule has 0 bridgehead atoms. The van der Waals surface area contributed by atoms with E-state index in [0.29, 0.717) is 10.9 Å². The topological polar surface area (TPSA) is 107 Å². The molecule has 0 spiro atoms. The van der Waals surface area contributed by atoms with Crippen molar-refractivity contribution in [2.24, 2.45) is 0 Å². The van der Waals surface area contributed by atoms with Gasteiger partial charge in [-0.2, -0.15) is 0 Å². The van der Waals surface area contributed by atoms with Crippen molar-refractivity contribution in [1.82, 2.24) is 14.8 Å². The van der Waals surface area contributed by atoms with Crippen molar-refractivity contribution < 1.29 is 9.53 Å². The van der Waals surface area contributed by atoms with Crippen LogP contribution < -0.4 is 11.2 Å². The van der Waals surface area contributed by atoms with Crippen LogP contribution in [-0.2, 0) is 10.5 Å². The van der Waals surface area contributed by atoms with Gasteiger partial charge in [-0.25, -0.2) is 9.78 Å². The second-order valence-electron chi connectivity index (χ2n) is 3.78. The van der Waals surface area contributed by atoms with E-state index in [1.54, 1.807) is 0 Å². The van der Waals surface area contributed by atoms with E-state index in [2.05, 4.69) is 14.8 Å². The van der Waals surface area contributed by atoms with Crippen LogP contribution >= 0.6 is 11.8 Å². The molecule has 1 aromatic carbocycles. The fourth-order valence-corrected chi connectivity index (χ4v) is 2.21. The number of thioether (sulfide) groups is 1. The van der Waals surface area contributed by atoms with E-state index < -0.39 is 6.09 Å². The Morgan fingerprint density at radius 3 is 2.80 bits per heavy atom. The van der Waals surface area contributed by atoms with Crippen molar-refractivity contribution >= 4 is 23.7 Å². The highest BCUT2D eigenvalue weighted by Crippen LogP contribution is 2.18. The van der Waals surface area contributed by atoms with Crippen molar-refractivity contribution in [2.45, 2.75) is 10.9 Å². The van der Waals surface area contributed by atoms with Crippen LogP contribution in [0.3, 0.4) is 0 Å². The van der Waals surface area contributed by atoms with E-state index in [-0.39, 0.29) is 11.3 Å². The third-order valence-corrected chi connectivity index (χ3v) is 3.32. The molecule has 0 fully saturated rings. The Balaban J connectivity index is 2.23. The SMILES string of the molecule is COC(=O)n1nc(SCc2ccccc2)nc(N)c1=N. The maximum atomic E-state index is 11.5. The van der Waals surface area contributed by atoms with Gasteiger partial charge in [0.1, 0.15) is 0 Å². The maximum Gasteiger partial charge on any atom is 0.436 e. The summed E-state index contributed by atoms with van der Waals surface area (Å²) in [6.07, 6.45) is -0.773. The molecule has 1 heterocycles. The Kier molecular flexibility index (Phi) is 4.36. The van der Waals surface area contributed by atoms with Gasteiger partial charge in [-0.3, -0.25) is 5.41 Å². The summed E-state index contributed by atoms with van der Waals surface area (Å²) in [5, 5.41) is 11.9. The van der Waals surface area contributed by atoms with E-state index in [0.717, 1.165) is 10.2 Å². The molecule has 0 atom stereocenters. The first-order valence-electron chi connectivity index (χ1n) is 5.68. The summed E-state index contributed by atoms with van der Waals surface area (Å²) in [5.74, 6) is 0.569. The Morgan fingerprint density at radius 2 is 2.15 bits per heavy atom. The fraction of sp³-hybridized carbons (Fsp3) is 0.167. The summed E-state index contributed by atoms with van der Waals surface area (Å²) in [7, 11) is 1.21. The van der Waals surface area contributed by atoms with E-state index in [1.165, 1.54) is 18.9 Å². The summed E-state index contributed by atoms with van der Waals surface area (Å²) in [4.78, 5) is 15.5. The van der Waals surface area contributed by atoms with Gasteiger partial charge in [0.15, 0.2) is 11.3 Å². The molecule has 7 nitrogen and oxygen atoms in total. The third kappa shape index (κ3) is 3.15. The lowest BCUT2D eigenvalue weighted by atomic mass is 10.2. The first-order chi connectivity index (χ1) is 9.61. The highest BCUT2D eigenvalue weighted by Gasteiger charge is 2.12. The van der Waals surface area contributed by atoms with Gasteiger partial charge >= 0.3 is 6.09 Å². The number of rotatable bonds is 3. The number of nitrogens with zero attached hydrogens (tertiary/aromatic N) is 3. The molecule has 0 saturated heterocycles. The molecule has 2 aromatic rings. The van der Waals surface area contributed by atoms with Crippen LogP contribution in [0, 0.1) is 5.41 Å². The quantitative estimate of drug-likeness (QED) is 0.824. The van der Waals surface area contributed by atoms with E-state index in [4.69, 9.17) is 11.1 Å². The van der Waals surface area contributed by atoms with Crippen LogP contribution in [0.25, 0.3) is 0 Å². The highest BCUT2D eigenvalue weighted by molar-refractivity contribution is 7.98. The largest absolute Gasteiger partial charge is 0.451 e. The molecule has 0 aliphatic rings. The van der Waals surface area contributed by atoms with Crippen molar-refractivity contribution in [3.05, 3.63) is 41.4 Å². The minimum Gasteiger partial charge on any atom is -0.451 e. The highest BCUT2D eigenvalue weighted by atomic mass is 32.2. The maximum absolute atomic E-state index is 11.5. The molecule has 20 heavy (non-hydrogen) atoms. The van der Waals surface area contributed by atoms with Gasteiger partial charge in [0.25, 0.3) is 0 Å². The first-order valence-corrected chi connectivity index (χ1v) is 6.67. The van der Waals surface area contributed by atoms with Crippen LogP contribution in [0.1, 0.15) is 5.56 Å². The van der Waals surface area contributed by atoms with Gasteiger partial charge in [-0.1, -0.05) is 42.1 Å². The molecule has 0 amide bonds. The molecular formula is C12H13N5O2S. The van der Waals surface area contributed by atoms with Crippen molar-refractivity contribution in [3.63, 3.8) is 0 Å². The smallest absolute Gasteiger partial charge is 0.436 e. The number of anilines is 1. The molecule has 0 aliphatic heterocycles. The van der Waals surface area contributed by atoms with Gasteiger partial charge in [0.05, 0.1) is 7.11 Å². The second kappa shape index (κ2) is 6.20. The third-order valence-electron chi connectivity index (χ3n) is 2.41. The fourth-order valence-electron chi connectivity index (χ4n) is 1.42. The lowest BCUT2D eigenvalue weighted by Crippen LogP contribution is -2.33. The average Bonchev–Trinajstić information content (AvgIpc) is 2.48. The number of ether oxygens (including phenoxy) is 1. The van der Waals surface area contributed by atoms with Crippen molar-refractivity contribution in [3.8, 4) is 0 Å². The number of hydrogen-bond acceptors (Lipinski definition) is 7. The van der Waals surface area contributed by atoms with E-state index >= 15 is 0 Å². The predicted molar refractivity (Wildman–Crippen MR) is 74.1 cm³/mol. The predicted octanol–water partition coefficient (Wildman–Crippen LogP) is 1.25. The summed E-state index contributed by atoms with van der Waals surface area (Å²) in [6, 6.07) is 9.76. The van der Waals surface area contributed by atoms with Crippen molar-refractivity contribution in [1.29, 1.82) is 5.41 Å². The zero-order valence-corrected chi connectivity index (χ0v) is 11.6. The zero-order chi connectivity index (χ0) is 14.5. The minimum atomic E-state index is -0.773. The van der Waals surface area contributed by atoms with Crippen molar-refractivity contribution in [2.75, 3.05) is 12.8 Å². The van der Waals surface area contributed by atoms with Gasteiger partial charge < -0.3 is 10.5 Å². The lowest BCUT2D eigenvalue weighted by Gasteiger charge is -2.06. The molecular weight excluding hydrogens is 278 g/mol. The molecule has 0 saturated carbocycles. The Bertz CT molecular complexity index is 671. The number of carbonyl (C=O) groups excluding carboxylic acids is 1. The number of hydrogen-bond donors (Lipinski definition) is 2. The number of benzene rings is 1. The molecule has 104 valence electrons. The molecule has 0 aliphatic carbocycles. The lowest BCUT2D eigenvalue weighted by molar-refractivity contribution is 0.166. The first kappa shape index (κ1) is 14.1. The monoisotopic (exact) mass is 291 g/mol. The average molecular weight is 291 g/mol. The van der Waals surface area contributed by atoms with Crippen LogP contribution in [-0.4, -0.2) is 28.0 Å². The molecule has 0 radical (unpaired) electrons. The standard InChI is InChI=1S/C12H13N5O2S/c1-19-12(18)17-10(14)9(13)15-11(16-17)20-7-8-5-3-2-4-6-8/h2-6,14H,7H2,1H3,(H2,13,15,16). The molecule has 0 unspecified atom stereocenters. The minimum absolute atomic E-state index is 0.0686. The van der Waals surface area contributed by atoms with Gasteiger partial charge in [-0.15, -0.1) is 9.78 Å². The van der Waals surface area contributed by atoms with E-state index in [9.17, 15) is 4.79 Å². The summed E-state index contributed by atoms with van der Waals surface area (Å²) in [5.41, 5.74) is 6.41. The zero-order valence-electron chi connectivity index (χ0n) is 10.7.